The van der Waals surface area contributed by atoms with Crippen LogP contribution < -0.4 is 10.1 Å². The fraction of sp³-hybridized carbons (Fsp3) is 0.650. The van der Waals surface area contributed by atoms with Crippen molar-refractivity contribution in [2.24, 2.45) is 0 Å². The van der Waals surface area contributed by atoms with Gasteiger partial charge in [-0.15, -0.1) is 0 Å². The molecule has 2 unspecified atom stereocenters. The Morgan fingerprint density at radius 1 is 1.38 bits per heavy atom. The van der Waals surface area contributed by atoms with Crippen LogP contribution in [0.4, 0.5) is 0 Å². The Morgan fingerprint density at radius 3 is 2.92 bits per heavy atom. The first-order valence-corrected chi connectivity index (χ1v) is 9.38. The highest BCUT2D eigenvalue weighted by atomic mass is 16.5. The molecule has 0 bridgehead atoms. The molecular weight excluding hydrogens is 300 g/mol. The summed E-state index contributed by atoms with van der Waals surface area (Å²) in [5.41, 5.74) is 1.22. The number of unbranched alkanes of at least 4 members (excludes halogenated alkanes) is 1. The molecule has 0 saturated heterocycles. The van der Waals surface area contributed by atoms with Crippen LogP contribution in [0.15, 0.2) is 24.3 Å². The van der Waals surface area contributed by atoms with Crippen molar-refractivity contribution < 1.29 is 9.53 Å². The third-order valence-corrected chi connectivity index (χ3v) is 4.68. The van der Waals surface area contributed by atoms with E-state index in [0.717, 1.165) is 38.2 Å². The number of nitrogens with one attached hydrogen (secondary N) is 1. The minimum atomic E-state index is 0.146. The second-order valence-electron chi connectivity index (χ2n) is 6.85. The lowest BCUT2D eigenvalue weighted by molar-refractivity contribution is -0.122. The Labute approximate surface area is 146 Å². The lowest BCUT2D eigenvalue weighted by atomic mass is 10.1. The lowest BCUT2D eigenvalue weighted by Crippen LogP contribution is -2.37. The Morgan fingerprint density at radius 2 is 2.17 bits per heavy atom. The molecule has 24 heavy (non-hydrogen) atoms. The number of para-hydroxylation sites is 1. The molecule has 0 aromatic heterocycles. The molecule has 1 N–H and O–H groups in total. The van der Waals surface area contributed by atoms with Crippen LogP contribution in [-0.2, 0) is 11.3 Å². The van der Waals surface area contributed by atoms with E-state index in [4.69, 9.17) is 4.74 Å². The topological polar surface area (TPSA) is 41.6 Å². The van der Waals surface area contributed by atoms with E-state index in [2.05, 4.69) is 49.2 Å². The van der Waals surface area contributed by atoms with Crippen molar-refractivity contribution in [3.8, 4) is 5.75 Å². The second-order valence-corrected chi connectivity index (χ2v) is 6.85. The summed E-state index contributed by atoms with van der Waals surface area (Å²) in [6, 6.07) is 8.54. The maximum absolute atomic E-state index is 12.1. The number of hydrogen-bond acceptors (Lipinski definition) is 3. The number of hydrogen-bond donors (Lipinski definition) is 1. The summed E-state index contributed by atoms with van der Waals surface area (Å²) in [4.78, 5) is 14.4. The van der Waals surface area contributed by atoms with Gasteiger partial charge in [0.1, 0.15) is 11.9 Å². The van der Waals surface area contributed by atoms with Crippen LogP contribution in [0.2, 0.25) is 0 Å². The molecule has 1 heterocycles. The number of benzene rings is 1. The van der Waals surface area contributed by atoms with Gasteiger partial charge in [0.15, 0.2) is 0 Å². The monoisotopic (exact) mass is 332 g/mol. The Balaban J connectivity index is 1.96. The summed E-state index contributed by atoms with van der Waals surface area (Å²) in [5.74, 6) is 1.15. The van der Waals surface area contributed by atoms with Gasteiger partial charge in [0.25, 0.3) is 0 Å². The molecule has 2 rings (SSSR count). The van der Waals surface area contributed by atoms with Crippen LogP contribution in [0.3, 0.4) is 0 Å². The second kappa shape index (κ2) is 9.67. The highest BCUT2D eigenvalue weighted by molar-refractivity contribution is 5.76. The van der Waals surface area contributed by atoms with Crippen molar-refractivity contribution in [1.29, 1.82) is 0 Å². The van der Waals surface area contributed by atoms with Crippen LogP contribution in [0, 0.1) is 0 Å². The van der Waals surface area contributed by atoms with Crippen LogP contribution in [0.5, 0.6) is 5.75 Å². The van der Waals surface area contributed by atoms with E-state index in [1.807, 2.05) is 6.07 Å². The molecule has 1 amide bonds. The van der Waals surface area contributed by atoms with E-state index in [9.17, 15) is 4.79 Å². The van der Waals surface area contributed by atoms with Crippen molar-refractivity contribution in [3.63, 3.8) is 0 Å². The van der Waals surface area contributed by atoms with Gasteiger partial charge in [-0.05, 0) is 32.3 Å². The summed E-state index contributed by atoms with van der Waals surface area (Å²) < 4.78 is 6.24. The quantitative estimate of drug-likeness (QED) is 0.788. The fourth-order valence-electron chi connectivity index (χ4n) is 3.02. The van der Waals surface area contributed by atoms with Gasteiger partial charge in [-0.1, -0.05) is 38.5 Å². The molecule has 4 heteroatoms. The predicted molar refractivity (Wildman–Crippen MR) is 98.2 cm³/mol. The average Bonchev–Trinajstić information content (AvgIpc) is 2.76. The van der Waals surface area contributed by atoms with Crippen molar-refractivity contribution in [2.75, 3.05) is 13.1 Å². The zero-order chi connectivity index (χ0) is 17.4. The number of carbonyl (C=O) groups excluding carboxylic acids is 1. The summed E-state index contributed by atoms with van der Waals surface area (Å²) >= 11 is 0. The molecular formula is C20H32N2O2. The van der Waals surface area contributed by atoms with Gasteiger partial charge in [-0.2, -0.15) is 0 Å². The molecule has 134 valence electrons. The van der Waals surface area contributed by atoms with Gasteiger partial charge in [0.2, 0.25) is 5.91 Å². The average molecular weight is 332 g/mol. The molecule has 1 aromatic carbocycles. The maximum atomic E-state index is 12.1. The predicted octanol–water partition coefficient (Wildman–Crippen LogP) is 3.74. The third-order valence-electron chi connectivity index (χ3n) is 4.68. The van der Waals surface area contributed by atoms with Crippen molar-refractivity contribution >= 4 is 5.91 Å². The first-order chi connectivity index (χ1) is 11.6. The zero-order valence-corrected chi connectivity index (χ0v) is 15.4. The van der Waals surface area contributed by atoms with E-state index < -0.39 is 0 Å². The molecule has 1 aliphatic heterocycles. The standard InChI is InChI=1S/C20H32N2O2/c1-4-6-10-18-15-22(13-12-20(23)21-16(3)5-2)14-17-9-7-8-11-19(17)24-18/h7-9,11,16,18H,4-6,10,12-15H2,1-3H3,(H,21,23). The number of carbonyl (C=O) groups is 1. The minimum absolute atomic E-state index is 0.146. The van der Waals surface area contributed by atoms with Crippen molar-refractivity contribution in [2.45, 2.75) is 71.6 Å². The van der Waals surface area contributed by atoms with Crippen LogP contribution >= 0.6 is 0 Å². The molecule has 0 spiro atoms. The lowest BCUT2D eigenvalue weighted by Gasteiger charge is -2.24. The summed E-state index contributed by atoms with van der Waals surface area (Å²) in [6.07, 6.45) is 5.16. The molecule has 2 atom stereocenters. The zero-order valence-electron chi connectivity index (χ0n) is 15.4. The van der Waals surface area contributed by atoms with Gasteiger partial charge in [-0.25, -0.2) is 0 Å². The Hall–Kier alpha value is -1.55. The number of ether oxygens (including phenoxy) is 1. The van der Waals surface area contributed by atoms with Crippen molar-refractivity contribution in [1.82, 2.24) is 10.2 Å². The van der Waals surface area contributed by atoms with Crippen molar-refractivity contribution in [3.05, 3.63) is 29.8 Å². The number of nitrogens with zero attached hydrogens (tertiary/aromatic N) is 1. The van der Waals surface area contributed by atoms with Gasteiger partial charge >= 0.3 is 0 Å². The number of rotatable bonds is 8. The van der Waals surface area contributed by atoms with E-state index in [1.165, 1.54) is 18.4 Å². The van der Waals surface area contributed by atoms with E-state index in [-0.39, 0.29) is 18.1 Å². The van der Waals surface area contributed by atoms with E-state index in [1.54, 1.807) is 0 Å². The maximum Gasteiger partial charge on any atom is 0.221 e. The molecule has 0 fully saturated rings. The normalized spacial score (nSPS) is 19.0. The number of amides is 1. The van der Waals surface area contributed by atoms with Crippen LogP contribution in [0.1, 0.15) is 58.4 Å². The molecule has 1 aliphatic rings. The largest absolute Gasteiger partial charge is 0.489 e. The summed E-state index contributed by atoms with van der Waals surface area (Å²) in [6.45, 7) is 8.88. The first-order valence-electron chi connectivity index (χ1n) is 9.38. The van der Waals surface area contributed by atoms with E-state index >= 15 is 0 Å². The van der Waals surface area contributed by atoms with Gasteiger partial charge in [-0.3, -0.25) is 9.69 Å². The minimum Gasteiger partial charge on any atom is -0.489 e. The molecule has 0 radical (unpaired) electrons. The van der Waals surface area contributed by atoms with Gasteiger partial charge in [0.05, 0.1) is 0 Å². The smallest absolute Gasteiger partial charge is 0.221 e. The van der Waals surface area contributed by atoms with Gasteiger partial charge < -0.3 is 10.1 Å². The van der Waals surface area contributed by atoms with Gasteiger partial charge in [0, 0.05) is 37.7 Å². The Bertz CT molecular complexity index is 518. The summed E-state index contributed by atoms with van der Waals surface area (Å²) in [7, 11) is 0. The SMILES string of the molecule is CCCCC1CN(CCC(=O)NC(C)CC)Cc2ccccc2O1. The third kappa shape index (κ3) is 5.82. The van der Waals surface area contributed by atoms with Crippen LogP contribution in [0.25, 0.3) is 0 Å². The number of fused-ring (bicyclic) bond motifs is 1. The highest BCUT2D eigenvalue weighted by Gasteiger charge is 2.22. The summed E-state index contributed by atoms with van der Waals surface area (Å²) in [5, 5.41) is 3.05. The molecule has 1 aromatic rings. The molecule has 4 nitrogen and oxygen atoms in total. The molecule has 0 aliphatic carbocycles. The van der Waals surface area contributed by atoms with Crippen LogP contribution in [-0.4, -0.2) is 36.0 Å². The fourth-order valence-corrected chi connectivity index (χ4v) is 3.02. The Kier molecular flexibility index (Phi) is 7.57. The highest BCUT2D eigenvalue weighted by Crippen LogP contribution is 2.26. The molecule has 0 saturated carbocycles. The first kappa shape index (κ1) is 18.8. The van der Waals surface area contributed by atoms with E-state index in [0.29, 0.717) is 6.42 Å².